The number of benzene rings is 1. The van der Waals surface area contributed by atoms with Crippen molar-refractivity contribution in [1.29, 1.82) is 0 Å². The second-order valence-electron chi connectivity index (χ2n) is 4.36. The first-order chi connectivity index (χ1) is 9.88. The maximum atomic E-state index is 11.7. The van der Waals surface area contributed by atoms with Gasteiger partial charge in [-0.25, -0.2) is 13.1 Å². The van der Waals surface area contributed by atoms with Crippen LogP contribution in [0.1, 0.15) is 19.0 Å². The van der Waals surface area contributed by atoms with Crippen molar-refractivity contribution in [3.05, 3.63) is 35.1 Å². The molecule has 0 aliphatic carbocycles. The Hall–Kier alpha value is -1.24. The Bertz CT molecular complexity index is 740. The average Bonchev–Trinajstić information content (AvgIpc) is 2.76. The van der Waals surface area contributed by atoms with E-state index in [0.717, 1.165) is 6.42 Å². The van der Waals surface area contributed by atoms with Gasteiger partial charge in [0.05, 0.1) is 18.5 Å². The number of ether oxygens (including phenoxy) is 1. The molecule has 2 rings (SSSR count). The summed E-state index contributed by atoms with van der Waals surface area (Å²) in [6, 6.07) is 6.94. The van der Waals surface area contributed by atoms with Crippen molar-refractivity contribution >= 4 is 31.3 Å². The first kappa shape index (κ1) is 16.1. The average molecular weight is 349 g/mol. The van der Waals surface area contributed by atoms with Crippen molar-refractivity contribution in [3.63, 3.8) is 0 Å². The summed E-state index contributed by atoms with van der Waals surface area (Å²) in [6.07, 6.45) is 1.21. The van der Waals surface area contributed by atoms with Gasteiger partial charge in [-0.05, 0) is 30.7 Å². The fourth-order valence-corrected chi connectivity index (χ4v) is 3.83. The van der Waals surface area contributed by atoms with Crippen molar-refractivity contribution in [3.8, 4) is 11.4 Å². The number of halogens is 2. The molecule has 0 unspecified atom stereocenters. The highest BCUT2D eigenvalue weighted by Gasteiger charge is 2.26. The lowest BCUT2D eigenvalue weighted by atomic mass is 10.2. The second kappa shape index (κ2) is 6.25. The molecule has 0 saturated heterocycles. The lowest BCUT2D eigenvalue weighted by Crippen LogP contribution is -1.97. The summed E-state index contributed by atoms with van der Waals surface area (Å²) in [5.74, 6) is 0.681. The molecule has 0 N–H and O–H groups in total. The molecule has 0 aliphatic heterocycles. The summed E-state index contributed by atoms with van der Waals surface area (Å²) in [5, 5.41) is 4.26. The molecule has 0 bridgehead atoms. The predicted molar refractivity (Wildman–Crippen MR) is 82.2 cm³/mol. The molecule has 0 radical (unpaired) electrons. The van der Waals surface area contributed by atoms with Crippen LogP contribution < -0.4 is 4.74 Å². The summed E-state index contributed by atoms with van der Waals surface area (Å²) >= 11 is 6.16. The van der Waals surface area contributed by atoms with Gasteiger partial charge in [-0.15, -0.1) is 0 Å². The van der Waals surface area contributed by atoms with Crippen LogP contribution in [-0.2, 0) is 15.5 Å². The molecule has 0 atom stereocenters. The molecule has 1 heterocycles. The highest BCUT2D eigenvalue weighted by atomic mass is 35.7. The van der Waals surface area contributed by atoms with Gasteiger partial charge in [0.1, 0.15) is 10.6 Å². The standard InChI is InChI=1S/C13H14Cl2N2O3S/c1-3-4-11-12(21(15,18)19)13(14)17(16-11)9-5-7-10(20-2)8-6-9/h5-8H,3-4H2,1-2H3. The van der Waals surface area contributed by atoms with E-state index in [2.05, 4.69) is 5.10 Å². The molecular weight excluding hydrogens is 335 g/mol. The number of aromatic nitrogens is 2. The van der Waals surface area contributed by atoms with E-state index in [1.54, 1.807) is 31.4 Å². The molecular formula is C13H14Cl2N2O3S. The van der Waals surface area contributed by atoms with Gasteiger partial charge < -0.3 is 4.74 Å². The zero-order valence-electron chi connectivity index (χ0n) is 11.5. The van der Waals surface area contributed by atoms with E-state index in [4.69, 9.17) is 27.0 Å². The van der Waals surface area contributed by atoms with Crippen LogP contribution in [0.2, 0.25) is 5.15 Å². The normalized spacial score (nSPS) is 11.6. The third-order valence-corrected chi connectivity index (χ3v) is 4.74. The monoisotopic (exact) mass is 348 g/mol. The quantitative estimate of drug-likeness (QED) is 0.776. The molecule has 0 spiro atoms. The van der Waals surface area contributed by atoms with Gasteiger partial charge in [-0.2, -0.15) is 5.10 Å². The lowest BCUT2D eigenvalue weighted by molar-refractivity contribution is 0.414. The molecule has 8 heteroatoms. The van der Waals surface area contributed by atoms with Crippen molar-refractivity contribution < 1.29 is 13.2 Å². The Kier molecular flexibility index (Phi) is 4.81. The van der Waals surface area contributed by atoms with Gasteiger partial charge in [0.15, 0.2) is 5.15 Å². The zero-order chi connectivity index (χ0) is 15.6. The van der Waals surface area contributed by atoms with Crippen molar-refractivity contribution in [1.82, 2.24) is 9.78 Å². The molecule has 2 aromatic rings. The molecule has 21 heavy (non-hydrogen) atoms. The minimum absolute atomic E-state index is 0.0152. The van der Waals surface area contributed by atoms with Gasteiger partial charge in [-0.1, -0.05) is 24.9 Å². The second-order valence-corrected chi connectivity index (χ2v) is 7.23. The van der Waals surface area contributed by atoms with Crippen LogP contribution in [0.15, 0.2) is 29.2 Å². The maximum absolute atomic E-state index is 11.7. The van der Waals surface area contributed by atoms with Gasteiger partial charge in [0.25, 0.3) is 9.05 Å². The van der Waals surface area contributed by atoms with E-state index in [-0.39, 0.29) is 10.0 Å². The van der Waals surface area contributed by atoms with Crippen molar-refractivity contribution in [2.45, 2.75) is 24.7 Å². The van der Waals surface area contributed by atoms with Crippen LogP contribution in [0.25, 0.3) is 5.69 Å². The van der Waals surface area contributed by atoms with Crippen LogP contribution in [0.3, 0.4) is 0 Å². The molecule has 0 fully saturated rings. The zero-order valence-corrected chi connectivity index (χ0v) is 13.8. The Morgan fingerprint density at radius 3 is 2.38 bits per heavy atom. The van der Waals surface area contributed by atoms with Gasteiger partial charge >= 0.3 is 0 Å². The van der Waals surface area contributed by atoms with E-state index < -0.39 is 9.05 Å². The van der Waals surface area contributed by atoms with Crippen LogP contribution in [0.5, 0.6) is 5.75 Å². The molecule has 0 amide bonds. The fraction of sp³-hybridized carbons (Fsp3) is 0.308. The smallest absolute Gasteiger partial charge is 0.266 e. The summed E-state index contributed by atoms with van der Waals surface area (Å²) in [6.45, 7) is 1.92. The maximum Gasteiger partial charge on any atom is 0.266 e. The van der Waals surface area contributed by atoms with E-state index in [1.165, 1.54) is 4.68 Å². The van der Waals surface area contributed by atoms with Crippen LogP contribution >= 0.6 is 22.3 Å². The number of rotatable bonds is 5. The van der Waals surface area contributed by atoms with Crippen LogP contribution in [-0.4, -0.2) is 25.3 Å². The van der Waals surface area contributed by atoms with E-state index in [0.29, 0.717) is 23.6 Å². The van der Waals surface area contributed by atoms with Crippen molar-refractivity contribution in [2.24, 2.45) is 0 Å². The summed E-state index contributed by atoms with van der Waals surface area (Å²) in [5.41, 5.74) is 0.998. The largest absolute Gasteiger partial charge is 0.497 e. The van der Waals surface area contributed by atoms with Crippen LogP contribution in [0.4, 0.5) is 0 Å². The summed E-state index contributed by atoms with van der Waals surface area (Å²) in [4.78, 5) is -0.122. The first-order valence-corrected chi connectivity index (χ1v) is 8.93. The number of hydrogen-bond acceptors (Lipinski definition) is 4. The van der Waals surface area contributed by atoms with Crippen LogP contribution in [0, 0.1) is 0 Å². The summed E-state index contributed by atoms with van der Waals surface area (Å²) < 4.78 is 29.8. The van der Waals surface area contributed by atoms with E-state index in [1.807, 2.05) is 6.92 Å². The van der Waals surface area contributed by atoms with E-state index in [9.17, 15) is 8.42 Å². The Morgan fingerprint density at radius 2 is 1.90 bits per heavy atom. The molecule has 5 nitrogen and oxygen atoms in total. The topological polar surface area (TPSA) is 61.2 Å². The van der Waals surface area contributed by atoms with Crippen molar-refractivity contribution in [2.75, 3.05) is 7.11 Å². The third kappa shape index (κ3) is 3.33. The predicted octanol–water partition coefficient (Wildman–Crippen LogP) is 3.41. The molecule has 114 valence electrons. The fourth-order valence-electron chi connectivity index (χ4n) is 1.96. The van der Waals surface area contributed by atoms with E-state index >= 15 is 0 Å². The lowest BCUT2D eigenvalue weighted by Gasteiger charge is -2.04. The van der Waals surface area contributed by atoms with Gasteiger partial charge in [0, 0.05) is 10.7 Å². The molecule has 0 aliphatic rings. The number of hydrogen-bond donors (Lipinski definition) is 0. The van der Waals surface area contributed by atoms with Gasteiger partial charge in [-0.3, -0.25) is 0 Å². The Morgan fingerprint density at radius 1 is 1.29 bits per heavy atom. The number of aryl methyl sites for hydroxylation is 1. The number of nitrogens with zero attached hydrogens (tertiary/aromatic N) is 2. The number of methoxy groups -OCH3 is 1. The Balaban J connectivity index is 2.59. The first-order valence-electron chi connectivity index (χ1n) is 6.25. The minimum atomic E-state index is -3.95. The SMILES string of the molecule is CCCc1nn(-c2ccc(OC)cc2)c(Cl)c1S(=O)(=O)Cl. The van der Waals surface area contributed by atoms with Gasteiger partial charge in [0.2, 0.25) is 0 Å². The summed E-state index contributed by atoms with van der Waals surface area (Å²) in [7, 11) is 3.08. The minimum Gasteiger partial charge on any atom is -0.497 e. The molecule has 1 aromatic heterocycles. The molecule has 0 saturated carbocycles. The molecule has 1 aromatic carbocycles. The highest BCUT2D eigenvalue weighted by Crippen LogP contribution is 2.31. The third-order valence-electron chi connectivity index (χ3n) is 2.90. The highest BCUT2D eigenvalue weighted by molar-refractivity contribution is 8.13. The Labute approximate surface area is 132 Å².